The van der Waals surface area contributed by atoms with Gasteiger partial charge < -0.3 is 9.47 Å². The summed E-state index contributed by atoms with van der Waals surface area (Å²) in [5.74, 6) is -1.31. The fourth-order valence-corrected chi connectivity index (χ4v) is 1.21. The standard InChI is InChI=1S/C9H11F3O4/c1-3-7(13)15-5(2)6-4-14-8(6)16-9(10,11)12/h3,5-6,8H,1,4H2,2H3. The quantitative estimate of drug-likeness (QED) is 0.553. The number of carbonyl (C=O) groups excluding carboxylic acids is 1. The molecule has 0 N–H and O–H groups in total. The number of carbonyl (C=O) groups is 1. The molecule has 1 fully saturated rings. The van der Waals surface area contributed by atoms with Crippen molar-refractivity contribution in [2.75, 3.05) is 6.61 Å². The molecule has 7 heteroatoms. The summed E-state index contributed by atoms with van der Waals surface area (Å²) in [5.41, 5.74) is 0. The van der Waals surface area contributed by atoms with E-state index in [9.17, 15) is 18.0 Å². The zero-order valence-electron chi connectivity index (χ0n) is 8.49. The van der Waals surface area contributed by atoms with Crippen LogP contribution in [0.15, 0.2) is 12.7 Å². The molecule has 16 heavy (non-hydrogen) atoms. The van der Waals surface area contributed by atoms with Gasteiger partial charge in [0.25, 0.3) is 0 Å². The first-order valence-corrected chi connectivity index (χ1v) is 4.52. The second-order valence-electron chi connectivity index (χ2n) is 3.28. The van der Waals surface area contributed by atoms with Crippen molar-refractivity contribution in [3.8, 4) is 0 Å². The molecule has 0 aromatic rings. The maximum absolute atomic E-state index is 11.9. The van der Waals surface area contributed by atoms with Crippen LogP contribution >= 0.6 is 0 Å². The normalized spacial score (nSPS) is 26.8. The van der Waals surface area contributed by atoms with Crippen LogP contribution in [0, 0.1) is 5.92 Å². The first-order chi connectivity index (χ1) is 7.33. The van der Waals surface area contributed by atoms with Gasteiger partial charge >= 0.3 is 12.3 Å². The Kier molecular flexibility index (Phi) is 3.93. The van der Waals surface area contributed by atoms with Crippen LogP contribution in [-0.2, 0) is 19.0 Å². The number of hydrogen-bond acceptors (Lipinski definition) is 4. The molecule has 0 saturated carbocycles. The Hall–Kier alpha value is -1.08. The van der Waals surface area contributed by atoms with Gasteiger partial charge in [0.05, 0.1) is 12.5 Å². The molecule has 0 spiro atoms. The lowest BCUT2D eigenvalue weighted by Crippen LogP contribution is -2.50. The van der Waals surface area contributed by atoms with Crippen molar-refractivity contribution in [3.05, 3.63) is 12.7 Å². The lowest BCUT2D eigenvalue weighted by Gasteiger charge is -2.39. The minimum atomic E-state index is -4.76. The molecule has 0 aliphatic carbocycles. The van der Waals surface area contributed by atoms with Crippen LogP contribution < -0.4 is 0 Å². The van der Waals surface area contributed by atoms with Gasteiger partial charge in [-0.15, -0.1) is 13.2 Å². The van der Waals surface area contributed by atoms with Gasteiger partial charge in [-0.05, 0) is 6.92 Å². The molecule has 4 nitrogen and oxygen atoms in total. The SMILES string of the molecule is C=CC(=O)OC(C)C1COC1OC(F)(F)F. The Labute approximate surface area is 90.0 Å². The van der Waals surface area contributed by atoms with Gasteiger partial charge in [0, 0.05) is 6.08 Å². The first kappa shape index (κ1) is 13.0. The highest BCUT2D eigenvalue weighted by Gasteiger charge is 2.46. The van der Waals surface area contributed by atoms with Crippen molar-refractivity contribution in [2.45, 2.75) is 25.7 Å². The van der Waals surface area contributed by atoms with E-state index < -0.39 is 30.6 Å². The number of esters is 1. The molecule has 0 amide bonds. The van der Waals surface area contributed by atoms with Crippen LogP contribution in [-0.4, -0.2) is 31.3 Å². The van der Waals surface area contributed by atoms with Crippen LogP contribution in [0.3, 0.4) is 0 Å². The molecule has 92 valence electrons. The molecular formula is C9H11F3O4. The van der Waals surface area contributed by atoms with Crippen molar-refractivity contribution in [2.24, 2.45) is 5.92 Å². The Bertz CT molecular complexity index is 276. The van der Waals surface area contributed by atoms with Gasteiger partial charge in [-0.2, -0.15) is 0 Å². The molecule has 3 atom stereocenters. The van der Waals surface area contributed by atoms with Crippen molar-refractivity contribution in [1.82, 2.24) is 0 Å². The summed E-state index contributed by atoms with van der Waals surface area (Å²) in [7, 11) is 0. The van der Waals surface area contributed by atoms with Crippen LogP contribution in [0.25, 0.3) is 0 Å². The van der Waals surface area contributed by atoms with Crippen molar-refractivity contribution < 1.29 is 32.2 Å². The predicted molar refractivity (Wildman–Crippen MR) is 46.1 cm³/mol. The van der Waals surface area contributed by atoms with E-state index in [-0.39, 0.29) is 6.61 Å². The monoisotopic (exact) mass is 240 g/mol. The highest BCUT2D eigenvalue weighted by Crippen LogP contribution is 2.32. The second-order valence-corrected chi connectivity index (χ2v) is 3.28. The lowest BCUT2D eigenvalue weighted by atomic mass is 10.00. The summed E-state index contributed by atoms with van der Waals surface area (Å²) in [4.78, 5) is 10.8. The summed E-state index contributed by atoms with van der Waals surface area (Å²) in [6, 6.07) is 0. The van der Waals surface area contributed by atoms with Crippen molar-refractivity contribution in [1.29, 1.82) is 0 Å². The molecule has 3 unspecified atom stereocenters. The van der Waals surface area contributed by atoms with E-state index in [1.807, 2.05) is 0 Å². The van der Waals surface area contributed by atoms with Gasteiger partial charge in [-0.3, -0.25) is 4.74 Å². The molecular weight excluding hydrogens is 229 g/mol. The molecule has 1 aliphatic rings. The van der Waals surface area contributed by atoms with Crippen LogP contribution in [0.1, 0.15) is 6.92 Å². The van der Waals surface area contributed by atoms with E-state index in [1.165, 1.54) is 6.92 Å². The van der Waals surface area contributed by atoms with Gasteiger partial charge in [-0.1, -0.05) is 6.58 Å². The van der Waals surface area contributed by atoms with Gasteiger partial charge in [-0.25, -0.2) is 4.79 Å². The number of halogens is 3. The predicted octanol–water partition coefficient (Wildman–Crippen LogP) is 1.61. The first-order valence-electron chi connectivity index (χ1n) is 4.52. The van der Waals surface area contributed by atoms with Crippen molar-refractivity contribution in [3.63, 3.8) is 0 Å². The van der Waals surface area contributed by atoms with Crippen molar-refractivity contribution >= 4 is 5.97 Å². The van der Waals surface area contributed by atoms with E-state index in [1.54, 1.807) is 0 Å². The third-order valence-electron chi connectivity index (χ3n) is 2.12. The van der Waals surface area contributed by atoms with Crippen LogP contribution in [0.4, 0.5) is 13.2 Å². The summed E-state index contributed by atoms with van der Waals surface area (Å²) in [6.07, 6.45) is -5.94. The molecule has 0 aromatic heterocycles. The third-order valence-corrected chi connectivity index (χ3v) is 2.12. The highest BCUT2D eigenvalue weighted by molar-refractivity contribution is 5.81. The maximum atomic E-state index is 11.9. The number of hydrogen-bond donors (Lipinski definition) is 0. The number of ether oxygens (including phenoxy) is 3. The zero-order chi connectivity index (χ0) is 12.3. The van der Waals surface area contributed by atoms with E-state index in [0.717, 1.165) is 6.08 Å². The van der Waals surface area contributed by atoms with E-state index in [2.05, 4.69) is 16.1 Å². The second kappa shape index (κ2) is 4.84. The highest BCUT2D eigenvalue weighted by atomic mass is 19.4. The minimum absolute atomic E-state index is 0.0618. The summed E-state index contributed by atoms with van der Waals surface area (Å²) < 4.78 is 48.6. The molecule has 0 aromatic carbocycles. The topological polar surface area (TPSA) is 44.8 Å². The minimum Gasteiger partial charge on any atom is -0.459 e. The fourth-order valence-electron chi connectivity index (χ4n) is 1.21. The summed E-state index contributed by atoms with van der Waals surface area (Å²) >= 11 is 0. The fraction of sp³-hybridized carbons (Fsp3) is 0.667. The molecule has 1 saturated heterocycles. The molecule has 0 radical (unpaired) electrons. The zero-order valence-corrected chi connectivity index (χ0v) is 8.49. The van der Waals surface area contributed by atoms with Gasteiger partial charge in [0.1, 0.15) is 6.10 Å². The Morgan fingerprint density at radius 1 is 1.62 bits per heavy atom. The smallest absolute Gasteiger partial charge is 0.459 e. The number of rotatable bonds is 4. The van der Waals surface area contributed by atoms with E-state index in [0.29, 0.717) is 0 Å². The van der Waals surface area contributed by atoms with Gasteiger partial charge in [0.15, 0.2) is 6.29 Å². The summed E-state index contributed by atoms with van der Waals surface area (Å²) in [5, 5.41) is 0. The van der Waals surface area contributed by atoms with Gasteiger partial charge in [0.2, 0.25) is 0 Å². The molecule has 1 rings (SSSR count). The average Bonchev–Trinajstić information content (AvgIpc) is 2.11. The number of alkyl halides is 3. The third kappa shape index (κ3) is 3.49. The molecule has 1 heterocycles. The van der Waals surface area contributed by atoms with E-state index in [4.69, 9.17) is 4.74 Å². The largest absolute Gasteiger partial charge is 0.524 e. The van der Waals surface area contributed by atoms with Crippen LogP contribution in [0.2, 0.25) is 0 Å². The Morgan fingerprint density at radius 3 is 2.62 bits per heavy atom. The summed E-state index contributed by atoms with van der Waals surface area (Å²) in [6.45, 7) is 4.71. The van der Waals surface area contributed by atoms with E-state index >= 15 is 0 Å². The average molecular weight is 240 g/mol. The molecule has 0 bridgehead atoms. The Morgan fingerprint density at radius 2 is 2.25 bits per heavy atom. The molecule has 1 aliphatic heterocycles. The Balaban J connectivity index is 2.43. The van der Waals surface area contributed by atoms with Crippen LogP contribution in [0.5, 0.6) is 0 Å². The lowest BCUT2D eigenvalue weighted by molar-refractivity contribution is -0.420. The maximum Gasteiger partial charge on any atom is 0.524 e.